The van der Waals surface area contributed by atoms with Crippen LogP contribution in [0.25, 0.3) is 0 Å². The second kappa shape index (κ2) is 3.06. The van der Waals surface area contributed by atoms with E-state index >= 15 is 0 Å². The Bertz CT molecular complexity index is 540. The van der Waals surface area contributed by atoms with Crippen LogP contribution in [-0.4, -0.2) is 14.7 Å². The Balaban J connectivity index is 1.95. The minimum Gasteiger partial charge on any atom is -0.261 e. The highest BCUT2D eigenvalue weighted by atomic mass is 16.6. The molecule has 0 bridgehead atoms. The van der Waals surface area contributed by atoms with Gasteiger partial charge in [0.05, 0.1) is 22.4 Å². The lowest BCUT2D eigenvalue weighted by atomic mass is 10.2. The van der Waals surface area contributed by atoms with E-state index in [0.717, 1.165) is 19.3 Å². The van der Waals surface area contributed by atoms with Gasteiger partial charge >= 0.3 is 5.69 Å². The molecule has 2 fully saturated rings. The van der Waals surface area contributed by atoms with Crippen molar-refractivity contribution in [3.05, 3.63) is 22.0 Å². The fourth-order valence-corrected chi connectivity index (χ4v) is 2.19. The molecule has 3 rings (SSSR count). The van der Waals surface area contributed by atoms with Crippen LogP contribution >= 0.6 is 0 Å². The van der Waals surface area contributed by atoms with Crippen LogP contribution in [0.15, 0.2) is 6.20 Å². The van der Waals surface area contributed by atoms with E-state index in [1.807, 2.05) is 6.92 Å². The molecule has 0 spiro atoms. The second-order valence-corrected chi connectivity index (χ2v) is 5.16. The molecule has 0 saturated heterocycles. The van der Waals surface area contributed by atoms with Crippen molar-refractivity contribution in [2.75, 3.05) is 0 Å². The molecule has 1 aromatic rings. The number of nitriles is 1. The minimum absolute atomic E-state index is 0.00120. The highest BCUT2D eigenvalue weighted by Gasteiger charge is 2.53. The van der Waals surface area contributed by atoms with Crippen LogP contribution in [0, 0.1) is 26.9 Å². The Morgan fingerprint density at radius 2 is 2.41 bits per heavy atom. The Hall–Kier alpha value is -1.90. The smallest absolute Gasteiger partial charge is 0.261 e. The first kappa shape index (κ1) is 10.3. The largest absolute Gasteiger partial charge is 0.310 e. The second-order valence-electron chi connectivity index (χ2n) is 5.16. The molecule has 0 amide bonds. The van der Waals surface area contributed by atoms with E-state index in [9.17, 15) is 10.1 Å². The summed E-state index contributed by atoms with van der Waals surface area (Å²) in [5.41, 5.74) is 0.308. The van der Waals surface area contributed by atoms with Crippen molar-refractivity contribution >= 4 is 5.69 Å². The molecular weight excluding hydrogens is 220 g/mol. The molecule has 6 nitrogen and oxygen atoms in total. The van der Waals surface area contributed by atoms with Crippen molar-refractivity contribution in [3.63, 3.8) is 0 Å². The average Bonchev–Trinajstić information content (AvgIpc) is 3.19. The molecule has 2 aliphatic carbocycles. The molecule has 17 heavy (non-hydrogen) atoms. The molecule has 2 atom stereocenters. The standard InChI is InChI=1S/C11H12N4O2/c1-11(6-12)4-9(11)14-5-8(15(16)17)10(13-14)7-2-3-7/h5,7,9H,2-4H2,1H3. The van der Waals surface area contributed by atoms with Crippen LogP contribution in [0.4, 0.5) is 5.69 Å². The lowest BCUT2D eigenvalue weighted by Crippen LogP contribution is -2.02. The quantitative estimate of drug-likeness (QED) is 0.590. The first-order chi connectivity index (χ1) is 8.05. The highest BCUT2D eigenvalue weighted by molar-refractivity contribution is 5.38. The van der Waals surface area contributed by atoms with Gasteiger partial charge in [-0.15, -0.1) is 0 Å². The molecular formula is C11H12N4O2. The van der Waals surface area contributed by atoms with Gasteiger partial charge < -0.3 is 0 Å². The molecule has 0 aliphatic heterocycles. The lowest BCUT2D eigenvalue weighted by molar-refractivity contribution is -0.385. The van der Waals surface area contributed by atoms with Crippen molar-refractivity contribution in [3.8, 4) is 6.07 Å². The van der Waals surface area contributed by atoms with Crippen molar-refractivity contribution in [1.29, 1.82) is 5.26 Å². The zero-order valence-corrected chi connectivity index (χ0v) is 9.46. The van der Waals surface area contributed by atoms with Crippen molar-refractivity contribution in [2.45, 2.75) is 38.1 Å². The predicted octanol–water partition coefficient (Wildman–Crippen LogP) is 2.14. The number of nitrogens with zero attached hydrogens (tertiary/aromatic N) is 4. The fraction of sp³-hybridized carbons (Fsp3) is 0.636. The zero-order valence-electron chi connectivity index (χ0n) is 9.46. The topological polar surface area (TPSA) is 84.8 Å². The summed E-state index contributed by atoms with van der Waals surface area (Å²) >= 11 is 0. The van der Waals surface area contributed by atoms with Gasteiger partial charge in [-0.1, -0.05) is 0 Å². The maximum atomic E-state index is 10.9. The summed E-state index contributed by atoms with van der Waals surface area (Å²) in [6, 6.07) is 2.23. The van der Waals surface area contributed by atoms with E-state index in [2.05, 4.69) is 11.2 Å². The van der Waals surface area contributed by atoms with Crippen LogP contribution in [0.2, 0.25) is 0 Å². The number of hydrogen-bond acceptors (Lipinski definition) is 4. The molecule has 1 aromatic heterocycles. The van der Waals surface area contributed by atoms with E-state index in [4.69, 9.17) is 5.26 Å². The molecule has 88 valence electrons. The maximum Gasteiger partial charge on any atom is 0.310 e. The van der Waals surface area contributed by atoms with Gasteiger partial charge in [0.2, 0.25) is 0 Å². The first-order valence-corrected chi connectivity index (χ1v) is 5.70. The summed E-state index contributed by atoms with van der Waals surface area (Å²) in [6.07, 6.45) is 4.18. The summed E-state index contributed by atoms with van der Waals surface area (Å²) in [7, 11) is 0. The number of aromatic nitrogens is 2. The van der Waals surface area contributed by atoms with Gasteiger partial charge in [-0.25, -0.2) is 0 Å². The third-order valence-electron chi connectivity index (χ3n) is 3.67. The number of rotatable bonds is 3. The number of hydrogen-bond donors (Lipinski definition) is 0. The van der Waals surface area contributed by atoms with Gasteiger partial charge in [0.25, 0.3) is 0 Å². The van der Waals surface area contributed by atoms with Gasteiger partial charge in [0.1, 0.15) is 11.9 Å². The van der Waals surface area contributed by atoms with E-state index in [0.29, 0.717) is 5.69 Å². The molecule has 0 N–H and O–H groups in total. The summed E-state index contributed by atoms with van der Waals surface area (Å²) in [6.45, 7) is 1.86. The molecule has 2 saturated carbocycles. The van der Waals surface area contributed by atoms with E-state index in [-0.39, 0.29) is 22.6 Å². The minimum atomic E-state index is -0.402. The van der Waals surface area contributed by atoms with Gasteiger partial charge in [-0.05, 0) is 26.2 Å². The van der Waals surface area contributed by atoms with Crippen molar-refractivity contribution in [2.24, 2.45) is 5.41 Å². The van der Waals surface area contributed by atoms with Crippen LogP contribution in [0.1, 0.15) is 43.8 Å². The normalized spacial score (nSPS) is 30.9. The molecule has 0 aromatic carbocycles. The molecule has 2 aliphatic rings. The van der Waals surface area contributed by atoms with Crippen LogP contribution in [0.5, 0.6) is 0 Å². The Morgan fingerprint density at radius 3 is 2.88 bits per heavy atom. The first-order valence-electron chi connectivity index (χ1n) is 5.70. The van der Waals surface area contributed by atoms with Crippen molar-refractivity contribution < 1.29 is 4.92 Å². The van der Waals surface area contributed by atoms with Gasteiger partial charge in [0.15, 0.2) is 0 Å². The van der Waals surface area contributed by atoms with Gasteiger partial charge in [0, 0.05) is 5.92 Å². The summed E-state index contributed by atoms with van der Waals surface area (Å²) in [4.78, 5) is 10.6. The number of nitro groups is 1. The summed E-state index contributed by atoms with van der Waals surface area (Å²) in [5, 5.41) is 24.2. The Labute approximate surface area is 98.0 Å². The average molecular weight is 232 g/mol. The summed E-state index contributed by atoms with van der Waals surface area (Å²) in [5.74, 6) is 0.253. The maximum absolute atomic E-state index is 10.9. The summed E-state index contributed by atoms with van der Waals surface area (Å²) < 4.78 is 1.62. The molecule has 1 heterocycles. The van der Waals surface area contributed by atoms with E-state index in [1.54, 1.807) is 4.68 Å². The highest BCUT2D eigenvalue weighted by Crippen LogP contribution is 2.56. The van der Waals surface area contributed by atoms with E-state index < -0.39 is 5.41 Å². The zero-order chi connectivity index (χ0) is 12.2. The Morgan fingerprint density at radius 1 is 1.71 bits per heavy atom. The van der Waals surface area contributed by atoms with Crippen LogP contribution < -0.4 is 0 Å². The third kappa shape index (κ3) is 1.50. The molecule has 2 unspecified atom stereocenters. The SMILES string of the molecule is CC1(C#N)CC1n1cc([N+](=O)[O-])c(C2CC2)n1. The third-order valence-corrected chi connectivity index (χ3v) is 3.67. The van der Waals surface area contributed by atoms with Gasteiger partial charge in [-0.2, -0.15) is 10.4 Å². The Kier molecular flexibility index (Phi) is 1.85. The van der Waals surface area contributed by atoms with Crippen LogP contribution in [-0.2, 0) is 0 Å². The van der Waals surface area contributed by atoms with Crippen LogP contribution in [0.3, 0.4) is 0 Å². The van der Waals surface area contributed by atoms with Crippen molar-refractivity contribution in [1.82, 2.24) is 9.78 Å². The lowest BCUT2D eigenvalue weighted by Gasteiger charge is -1.99. The molecule has 0 radical (unpaired) electrons. The van der Waals surface area contributed by atoms with E-state index in [1.165, 1.54) is 6.20 Å². The monoisotopic (exact) mass is 232 g/mol. The molecule has 6 heteroatoms. The van der Waals surface area contributed by atoms with Gasteiger partial charge in [-0.3, -0.25) is 14.8 Å². The fourth-order valence-electron chi connectivity index (χ4n) is 2.19. The predicted molar refractivity (Wildman–Crippen MR) is 58.2 cm³/mol.